The fourth-order valence-corrected chi connectivity index (χ4v) is 2.75. The first-order valence-corrected chi connectivity index (χ1v) is 8.92. The number of methoxy groups -OCH3 is 1. The molecule has 0 spiro atoms. The molecule has 142 valence electrons. The van der Waals surface area contributed by atoms with Gasteiger partial charge in [0, 0.05) is 24.4 Å². The van der Waals surface area contributed by atoms with E-state index in [1.165, 1.54) is 0 Å². The number of nitrogens with zero attached hydrogens (tertiary/aromatic N) is 4. The molecule has 4 rings (SSSR count). The van der Waals surface area contributed by atoms with Gasteiger partial charge in [0.25, 0.3) is 0 Å². The van der Waals surface area contributed by atoms with Gasteiger partial charge >= 0.3 is 0 Å². The van der Waals surface area contributed by atoms with E-state index < -0.39 is 0 Å². The lowest BCUT2D eigenvalue weighted by Gasteiger charge is -2.10. The van der Waals surface area contributed by atoms with Crippen LogP contribution in [0.4, 0.5) is 0 Å². The Morgan fingerprint density at radius 1 is 1.04 bits per heavy atom. The predicted octanol–water partition coefficient (Wildman–Crippen LogP) is 4.85. The molecular weight excluding hydrogens is 356 g/mol. The topological polar surface area (TPSA) is 75.2 Å². The lowest BCUT2D eigenvalue weighted by molar-refractivity contribution is 0.374. The van der Waals surface area contributed by atoms with E-state index in [1.807, 2.05) is 54.9 Å². The fourth-order valence-electron chi connectivity index (χ4n) is 2.75. The van der Waals surface area contributed by atoms with Gasteiger partial charge in [-0.25, -0.2) is 15.0 Å². The molecule has 7 nitrogen and oxygen atoms in total. The second-order valence-corrected chi connectivity index (χ2v) is 6.45. The highest BCUT2D eigenvalue weighted by Gasteiger charge is 2.15. The van der Waals surface area contributed by atoms with Crippen molar-refractivity contribution in [1.29, 1.82) is 0 Å². The summed E-state index contributed by atoms with van der Waals surface area (Å²) >= 11 is 0. The molecule has 0 bridgehead atoms. The SMILES string of the molecule is COc1ccccc1Oc1ccc(-n2ccnc2-c2coc(C(C)C)n2)cn1. The van der Waals surface area contributed by atoms with Crippen LogP contribution in [0.1, 0.15) is 25.7 Å². The summed E-state index contributed by atoms with van der Waals surface area (Å²) in [5.74, 6) is 3.32. The molecule has 1 aromatic carbocycles. The number of hydrogen-bond acceptors (Lipinski definition) is 6. The van der Waals surface area contributed by atoms with Gasteiger partial charge < -0.3 is 13.9 Å². The average molecular weight is 376 g/mol. The Morgan fingerprint density at radius 3 is 2.54 bits per heavy atom. The number of benzene rings is 1. The van der Waals surface area contributed by atoms with Crippen molar-refractivity contribution in [3.8, 4) is 34.6 Å². The maximum Gasteiger partial charge on any atom is 0.219 e. The maximum atomic E-state index is 5.83. The summed E-state index contributed by atoms with van der Waals surface area (Å²) in [6, 6.07) is 11.1. The molecule has 0 aliphatic carbocycles. The monoisotopic (exact) mass is 376 g/mol. The molecule has 4 aromatic rings. The van der Waals surface area contributed by atoms with Crippen LogP contribution in [0, 0.1) is 0 Å². The van der Waals surface area contributed by atoms with Crippen LogP contribution in [0.2, 0.25) is 0 Å². The van der Waals surface area contributed by atoms with Crippen LogP contribution >= 0.6 is 0 Å². The molecule has 0 unspecified atom stereocenters. The van der Waals surface area contributed by atoms with Crippen LogP contribution in [0.5, 0.6) is 17.4 Å². The number of oxazole rings is 1. The van der Waals surface area contributed by atoms with Crippen LogP contribution < -0.4 is 9.47 Å². The quantitative estimate of drug-likeness (QED) is 0.479. The van der Waals surface area contributed by atoms with Gasteiger partial charge in [-0.3, -0.25) is 4.57 Å². The van der Waals surface area contributed by atoms with E-state index in [2.05, 4.69) is 15.0 Å². The van der Waals surface area contributed by atoms with Crippen molar-refractivity contribution in [2.45, 2.75) is 19.8 Å². The van der Waals surface area contributed by atoms with Crippen LogP contribution in [-0.4, -0.2) is 26.6 Å². The number of aromatic nitrogens is 4. The molecule has 0 saturated carbocycles. The molecule has 0 radical (unpaired) electrons. The lowest BCUT2D eigenvalue weighted by atomic mass is 10.2. The van der Waals surface area contributed by atoms with Gasteiger partial charge in [0.15, 0.2) is 23.2 Å². The molecule has 0 saturated heterocycles. The largest absolute Gasteiger partial charge is 0.493 e. The zero-order chi connectivity index (χ0) is 19.5. The predicted molar refractivity (Wildman–Crippen MR) is 104 cm³/mol. The van der Waals surface area contributed by atoms with Gasteiger partial charge in [-0.05, 0) is 18.2 Å². The molecule has 28 heavy (non-hydrogen) atoms. The summed E-state index contributed by atoms with van der Waals surface area (Å²) in [5.41, 5.74) is 1.53. The van der Waals surface area contributed by atoms with Gasteiger partial charge in [-0.15, -0.1) is 0 Å². The summed E-state index contributed by atoms with van der Waals surface area (Å²) < 4.78 is 18.6. The second kappa shape index (κ2) is 7.56. The second-order valence-electron chi connectivity index (χ2n) is 6.45. The molecule has 0 N–H and O–H groups in total. The van der Waals surface area contributed by atoms with Crippen molar-refractivity contribution in [1.82, 2.24) is 19.5 Å². The number of imidazole rings is 1. The highest BCUT2D eigenvalue weighted by atomic mass is 16.5. The zero-order valence-corrected chi connectivity index (χ0v) is 15.9. The summed E-state index contributed by atoms with van der Waals surface area (Å²) in [6.45, 7) is 4.07. The highest BCUT2D eigenvalue weighted by Crippen LogP contribution is 2.30. The number of ether oxygens (including phenoxy) is 2. The van der Waals surface area contributed by atoms with Crippen molar-refractivity contribution >= 4 is 0 Å². The Kier molecular flexibility index (Phi) is 4.80. The van der Waals surface area contributed by atoms with E-state index >= 15 is 0 Å². The summed E-state index contributed by atoms with van der Waals surface area (Å²) in [5, 5.41) is 0. The minimum absolute atomic E-state index is 0.213. The Morgan fingerprint density at radius 2 is 1.86 bits per heavy atom. The zero-order valence-electron chi connectivity index (χ0n) is 15.9. The van der Waals surface area contributed by atoms with E-state index in [-0.39, 0.29) is 5.92 Å². The van der Waals surface area contributed by atoms with Crippen molar-refractivity contribution in [3.63, 3.8) is 0 Å². The summed E-state index contributed by atoms with van der Waals surface area (Å²) in [6.07, 6.45) is 6.93. The first kappa shape index (κ1) is 17.8. The third-order valence-corrected chi connectivity index (χ3v) is 4.17. The number of rotatable bonds is 6. The first-order chi connectivity index (χ1) is 13.7. The Hall–Kier alpha value is -3.61. The van der Waals surface area contributed by atoms with Crippen molar-refractivity contribution in [2.24, 2.45) is 0 Å². The number of para-hydroxylation sites is 2. The molecule has 3 aromatic heterocycles. The Balaban J connectivity index is 1.59. The molecule has 7 heteroatoms. The van der Waals surface area contributed by atoms with Gasteiger partial charge in [0.05, 0.1) is 19.0 Å². The third-order valence-electron chi connectivity index (χ3n) is 4.17. The highest BCUT2D eigenvalue weighted by molar-refractivity contribution is 5.53. The Bertz CT molecular complexity index is 1070. The van der Waals surface area contributed by atoms with Crippen molar-refractivity contribution in [3.05, 3.63) is 67.1 Å². The summed E-state index contributed by atoms with van der Waals surface area (Å²) in [4.78, 5) is 13.3. The Labute approximate surface area is 162 Å². The van der Waals surface area contributed by atoms with Gasteiger partial charge in [0.2, 0.25) is 5.88 Å². The van der Waals surface area contributed by atoms with Crippen LogP contribution in [-0.2, 0) is 0 Å². The summed E-state index contributed by atoms with van der Waals surface area (Å²) in [7, 11) is 1.61. The molecule has 0 fully saturated rings. The van der Waals surface area contributed by atoms with Crippen LogP contribution in [0.3, 0.4) is 0 Å². The molecule has 3 heterocycles. The van der Waals surface area contributed by atoms with Gasteiger partial charge in [-0.2, -0.15) is 0 Å². The molecule has 0 amide bonds. The first-order valence-electron chi connectivity index (χ1n) is 8.92. The molecule has 0 atom stereocenters. The smallest absolute Gasteiger partial charge is 0.219 e. The molecule has 0 aliphatic rings. The number of hydrogen-bond donors (Lipinski definition) is 0. The van der Waals surface area contributed by atoms with Gasteiger partial charge in [-0.1, -0.05) is 26.0 Å². The lowest BCUT2D eigenvalue weighted by Crippen LogP contribution is -1.98. The van der Waals surface area contributed by atoms with Crippen molar-refractivity contribution < 1.29 is 13.9 Å². The van der Waals surface area contributed by atoms with E-state index in [4.69, 9.17) is 13.9 Å². The van der Waals surface area contributed by atoms with Crippen LogP contribution in [0.25, 0.3) is 17.2 Å². The van der Waals surface area contributed by atoms with E-state index in [1.54, 1.807) is 31.8 Å². The fraction of sp³-hybridized carbons (Fsp3) is 0.190. The minimum Gasteiger partial charge on any atom is -0.493 e. The van der Waals surface area contributed by atoms with Gasteiger partial charge in [0.1, 0.15) is 12.0 Å². The third kappa shape index (κ3) is 3.46. The van der Waals surface area contributed by atoms with Crippen LogP contribution in [0.15, 0.2) is 65.7 Å². The van der Waals surface area contributed by atoms with E-state index in [0.29, 0.717) is 34.8 Å². The maximum absolute atomic E-state index is 5.83. The number of pyridine rings is 1. The van der Waals surface area contributed by atoms with E-state index in [0.717, 1.165) is 5.69 Å². The standard InChI is InChI=1S/C21H20N4O3/c1-14(2)21-24-16(13-27-21)20-22-10-11-25(20)15-8-9-19(23-12-15)28-18-7-5-4-6-17(18)26-3/h4-14H,1-3H3. The molecule has 0 aliphatic heterocycles. The molecular formula is C21H20N4O3. The average Bonchev–Trinajstić information content (AvgIpc) is 3.38. The van der Waals surface area contributed by atoms with E-state index in [9.17, 15) is 0 Å². The minimum atomic E-state index is 0.213. The normalized spacial score (nSPS) is 11.0. The van der Waals surface area contributed by atoms with Crippen molar-refractivity contribution in [2.75, 3.05) is 7.11 Å².